The van der Waals surface area contributed by atoms with Gasteiger partial charge in [-0.15, -0.1) is 0 Å². The monoisotopic (exact) mass is 258 g/mol. The first kappa shape index (κ1) is 15.9. The van der Waals surface area contributed by atoms with Crippen molar-refractivity contribution < 1.29 is 14.9 Å². The largest absolute Gasteiger partial charge is 0.390 e. The topological polar surface area (TPSA) is 49.7 Å². The molecule has 4 atom stereocenters. The van der Waals surface area contributed by atoms with E-state index in [9.17, 15) is 10.2 Å². The average Bonchev–Trinajstić information content (AvgIpc) is 2.72. The fourth-order valence-electron chi connectivity index (χ4n) is 2.65. The highest BCUT2D eigenvalue weighted by Crippen LogP contribution is 2.28. The summed E-state index contributed by atoms with van der Waals surface area (Å²) in [5, 5.41) is 20.0. The molecule has 0 spiro atoms. The van der Waals surface area contributed by atoms with Crippen molar-refractivity contribution in [3.8, 4) is 0 Å². The van der Waals surface area contributed by atoms with Gasteiger partial charge in [0.25, 0.3) is 0 Å². The van der Waals surface area contributed by atoms with Crippen LogP contribution in [0.4, 0.5) is 0 Å². The molecule has 1 rings (SSSR count). The Hall–Kier alpha value is -0.120. The summed E-state index contributed by atoms with van der Waals surface area (Å²) in [6, 6.07) is 0. The molecule has 0 aromatic rings. The first-order valence-electron chi connectivity index (χ1n) is 7.70. The van der Waals surface area contributed by atoms with E-state index in [2.05, 4.69) is 13.8 Å². The van der Waals surface area contributed by atoms with Crippen molar-refractivity contribution in [3.63, 3.8) is 0 Å². The summed E-state index contributed by atoms with van der Waals surface area (Å²) in [6.45, 7) is 4.33. The maximum atomic E-state index is 10.0. The Morgan fingerprint density at radius 3 is 2.44 bits per heavy atom. The van der Waals surface area contributed by atoms with Crippen molar-refractivity contribution in [2.45, 2.75) is 96.1 Å². The standard InChI is InChI=1S/C15H30O3/c1-3-5-7-9-12(16)15-11-13(17)14(18-15)10-8-6-4-2/h12-17H,3-11H2,1-2H3/t12-,13+,14+,15+/m0/s1. The Morgan fingerprint density at radius 1 is 1.11 bits per heavy atom. The maximum absolute atomic E-state index is 10.0. The molecule has 1 fully saturated rings. The summed E-state index contributed by atoms with van der Waals surface area (Å²) in [7, 11) is 0. The highest BCUT2D eigenvalue weighted by atomic mass is 16.5. The van der Waals surface area contributed by atoms with Crippen LogP contribution in [0.1, 0.15) is 71.6 Å². The van der Waals surface area contributed by atoms with E-state index in [0.717, 1.165) is 32.1 Å². The van der Waals surface area contributed by atoms with Crippen molar-refractivity contribution in [1.82, 2.24) is 0 Å². The molecular formula is C15H30O3. The fourth-order valence-corrected chi connectivity index (χ4v) is 2.65. The second-order valence-electron chi connectivity index (χ2n) is 5.57. The van der Waals surface area contributed by atoms with E-state index >= 15 is 0 Å². The highest BCUT2D eigenvalue weighted by Gasteiger charge is 2.36. The SMILES string of the molecule is CCCCC[C@H](O)[C@H]1C[C@@H](O)[C@@H](CCCCC)O1. The van der Waals surface area contributed by atoms with Crippen LogP contribution in [-0.2, 0) is 4.74 Å². The first-order valence-corrected chi connectivity index (χ1v) is 7.70. The molecule has 1 saturated heterocycles. The Balaban J connectivity index is 2.24. The molecule has 3 nitrogen and oxygen atoms in total. The third-order valence-electron chi connectivity index (χ3n) is 3.88. The number of aliphatic hydroxyl groups is 2. The highest BCUT2D eigenvalue weighted by molar-refractivity contribution is 4.85. The third-order valence-corrected chi connectivity index (χ3v) is 3.88. The van der Waals surface area contributed by atoms with Crippen LogP contribution < -0.4 is 0 Å². The molecule has 1 aliphatic heterocycles. The van der Waals surface area contributed by atoms with Gasteiger partial charge < -0.3 is 14.9 Å². The molecule has 0 aromatic heterocycles. The molecule has 0 aliphatic carbocycles. The van der Waals surface area contributed by atoms with Gasteiger partial charge in [0.15, 0.2) is 0 Å². The quantitative estimate of drug-likeness (QED) is 0.625. The molecule has 0 radical (unpaired) electrons. The van der Waals surface area contributed by atoms with Crippen LogP contribution in [0, 0.1) is 0 Å². The van der Waals surface area contributed by atoms with Gasteiger partial charge in [0.05, 0.1) is 24.4 Å². The van der Waals surface area contributed by atoms with Crippen LogP contribution in [0.15, 0.2) is 0 Å². The van der Waals surface area contributed by atoms with E-state index in [4.69, 9.17) is 4.74 Å². The zero-order valence-electron chi connectivity index (χ0n) is 12.0. The normalized spacial score (nSPS) is 29.7. The number of unbranched alkanes of at least 4 members (excludes halogenated alkanes) is 4. The summed E-state index contributed by atoms with van der Waals surface area (Å²) >= 11 is 0. The Labute approximate surface area is 112 Å². The minimum Gasteiger partial charge on any atom is -0.390 e. The van der Waals surface area contributed by atoms with Crippen molar-refractivity contribution in [2.24, 2.45) is 0 Å². The molecule has 108 valence electrons. The number of ether oxygens (including phenoxy) is 1. The predicted molar refractivity (Wildman–Crippen MR) is 73.6 cm³/mol. The molecule has 0 bridgehead atoms. The Bertz CT molecular complexity index is 208. The van der Waals surface area contributed by atoms with Crippen LogP contribution in [0.3, 0.4) is 0 Å². The van der Waals surface area contributed by atoms with Crippen LogP contribution in [-0.4, -0.2) is 34.6 Å². The van der Waals surface area contributed by atoms with Crippen molar-refractivity contribution in [1.29, 1.82) is 0 Å². The molecule has 0 amide bonds. The number of aliphatic hydroxyl groups excluding tert-OH is 2. The smallest absolute Gasteiger partial charge is 0.0864 e. The van der Waals surface area contributed by atoms with Gasteiger partial charge in [-0.25, -0.2) is 0 Å². The molecule has 0 saturated carbocycles. The summed E-state index contributed by atoms with van der Waals surface area (Å²) in [6.07, 6.45) is 8.20. The lowest BCUT2D eigenvalue weighted by Gasteiger charge is -2.19. The van der Waals surface area contributed by atoms with Gasteiger partial charge in [-0.05, 0) is 12.8 Å². The second-order valence-corrected chi connectivity index (χ2v) is 5.57. The van der Waals surface area contributed by atoms with E-state index in [1.807, 2.05) is 0 Å². The number of hydrogen-bond donors (Lipinski definition) is 2. The summed E-state index contributed by atoms with van der Waals surface area (Å²) < 4.78 is 5.81. The first-order chi connectivity index (χ1) is 8.69. The van der Waals surface area contributed by atoms with E-state index in [1.54, 1.807) is 0 Å². The summed E-state index contributed by atoms with van der Waals surface area (Å²) in [4.78, 5) is 0. The molecule has 18 heavy (non-hydrogen) atoms. The van der Waals surface area contributed by atoms with E-state index in [-0.39, 0.29) is 18.3 Å². The number of hydrogen-bond acceptors (Lipinski definition) is 3. The van der Waals surface area contributed by atoms with Crippen LogP contribution in [0.25, 0.3) is 0 Å². The minimum absolute atomic E-state index is 0.0534. The molecule has 3 heteroatoms. The van der Waals surface area contributed by atoms with Crippen molar-refractivity contribution in [2.75, 3.05) is 0 Å². The zero-order valence-corrected chi connectivity index (χ0v) is 12.0. The van der Waals surface area contributed by atoms with Gasteiger partial charge in [0, 0.05) is 6.42 Å². The lowest BCUT2D eigenvalue weighted by Crippen LogP contribution is -2.26. The zero-order chi connectivity index (χ0) is 13.4. The van der Waals surface area contributed by atoms with Gasteiger partial charge in [-0.2, -0.15) is 0 Å². The molecule has 2 N–H and O–H groups in total. The summed E-state index contributed by atoms with van der Waals surface area (Å²) in [5.74, 6) is 0. The van der Waals surface area contributed by atoms with Crippen molar-refractivity contribution >= 4 is 0 Å². The molecule has 0 aromatic carbocycles. The van der Waals surface area contributed by atoms with E-state index in [1.165, 1.54) is 19.3 Å². The van der Waals surface area contributed by atoms with Gasteiger partial charge in [0.2, 0.25) is 0 Å². The maximum Gasteiger partial charge on any atom is 0.0864 e. The lowest BCUT2D eigenvalue weighted by molar-refractivity contribution is -0.0498. The van der Waals surface area contributed by atoms with Crippen LogP contribution in [0.2, 0.25) is 0 Å². The van der Waals surface area contributed by atoms with Gasteiger partial charge in [-0.3, -0.25) is 0 Å². The molecular weight excluding hydrogens is 228 g/mol. The summed E-state index contributed by atoms with van der Waals surface area (Å²) in [5.41, 5.74) is 0. The average molecular weight is 258 g/mol. The van der Waals surface area contributed by atoms with E-state index in [0.29, 0.717) is 6.42 Å². The van der Waals surface area contributed by atoms with Gasteiger partial charge >= 0.3 is 0 Å². The molecule has 1 aliphatic rings. The van der Waals surface area contributed by atoms with E-state index < -0.39 is 6.10 Å². The lowest BCUT2D eigenvalue weighted by atomic mass is 10.0. The third kappa shape index (κ3) is 5.25. The Kier molecular flexibility index (Phi) is 7.87. The molecule has 0 unspecified atom stereocenters. The second kappa shape index (κ2) is 8.89. The van der Waals surface area contributed by atoms with Crippen LogP contribution in [0.5, 0.6) is 0 Å². The number of rotatable bonds is 9. The minimum atomic E-state index is -0.401. The van der Waals surface area contributed by atoms with Gasteiger partial charge in [0.1, 0.15) is 0 Å². The predicted octanol–water partition coefficient (Wildman–Crippen LogP) is 3.03. The van der Waals surface area contributed by atoms with Crippen molar-refractivity contribution in [3.05, 3.63) is 0 Å². The molecule has 1 heterocycles. The van der Waals surface area contributed by atoms with Crippen LogP contribution >= 0.6 is 0 Å². The fraction of sp³-hybridized carbons (Fsp3) is 1.00. The Morgan fingerprint density at radius 2 is 1.78 bits per heavy atom. The van der Waals surface area contributed by atoms with Gasteiger partial charge in [-0.1, -0.05) is 52.4 Å².